The van der Waals surface area contributed by atoms with Crippen molar-refractivity contribution < 1.29 is 10.0 Å². The molecule has 0 spiro atoms. The first kappa shape index (κ1) is 15.2. The minimum Gasteiger partial charge on any atom is -0.384 e. The zero-order chi connectivity index (χ0) is 14.1. The van der Waals surface area contributed by atoms with Crippen LogP contribution in [0.2, 0.25) is 0 Å². The van der Waals surface area contributed by atoms with Gasteiger partial charge >= 0.3 is 0 Å². The molecule has 1 rings (SSSR count). The summed E-state index contributed by atoms with van der Waals surface area (Å²) in [7, 11) is 3.91. The Morgan fingerprint density at radius 1 is 1.32 bits per heavy atom. The Morgan fingerprint density at radius 2 is 2.11 bits per heavy atom. The normalized spacial score (nSPS) is 10.1. The van der Waals surface area contributed by atoms with Crippen LogP contribution in [-0.4, -0.2) is 36.7 Å². The largest absolute Gasteiger partial charge is 0.384 e. The summed E-state index contributed by atoms with van der Waals surface area (Å²) in [5, 5.41) is 11.6. The SMILES string of the molecule is CN(C)c1ccc(NCCCCCC(=O)NO)cn1. The van der Waals surface area contributed by atoms with Crippen LogP contribution in [0.25, 0.3) is 0 Å². The lowest BCUT2D eigenvalue weighted by atomic mass is 10.2. The Bertz CT molecular complexity index is 379. The molecule has 1 aromatic heterocycles. The molecular formula is C13H22N4O2. The van der Waals surface area contributed by atoms with Crippen LogP contribution in [0.15, 0.2) is 18.3 Å². The molecule has 1 aromatic rings. The third-order valence-corrected chi connectivity index (χ3v) is 2.74. The van der Waals surface area contributed by atoms with Gasteiger partial charge in [-0.15, -0.1) is 0 Å². The van der Waals surface area contributed by atoms with Gasteiger partial charge in [-0.05, 0) is 25.0 Å². The predicted octanol–water partition coefficient (Wildman–Crippen LogP) is 1.63. The number of nitrogens with zero attached hydrogens (tertiary/aromatic N) is 2. The van der Waals surface area contributed by atoms with Gasteiger partial charge in [0.05, 0.1) is 11.9 Å². The van der Waals surface area contributed by atoms with Crippen LogP contribution in [0.1, 0.15) is 25.7 Å². The van der Waals surface area contributed by atoms with Crippen molar-refractivity contribution in [3.8, 4) is 0 Å². The zero-order valence-corrected chi connectivity index (χ0v) is 11.5. The number of amides is 1. The highest BCUT2D eigenvalue weighted by Crippen LogP contribution is 2.11. The minimum absolute atomic E-state index is 0.323. The summed E-state index contributed by atoms with van der Waals surface area (Å²) in [5.74, 6) is 0.608. The summed E-state index contributed by atoms with van der Waals surface area (Å²) in [6.45, 7) is 0.851. The quantitative estimate of drug-likeness (QED) is 0.379. The predicted molar refractivity (Wildman–Crippen MR) is 75.5 cm³/mol. The van der Waals surface area contributed by atoms with Gasteiger partial charge < -0.3 is 10.2 Å². The molecule has 0 atom stereocenters. The number of hydrogen-bond donors (Lipinski definition) is 3. The molecule has 0 saturated heterocycles. The molecule has 0 aliphatic rings. The summed E-state index contributed by atoms with van der Waals surface area (Å²) in [6.07, 6.45) is 4.90. The third kappa shape index (κ3) is 6.05. The first-order chi connectivity index (χ1) is 9.13. The molecule has 0 aliphatic heterocycles. The number of carbonyl (C=O) groups is 1. The molecule has 106 valence electrons. The van der Waals surface area contributed by atoms with E-state index in [1.54, 1.807) is 5.48 Å². The van der Waals surface area contributed by atoms with Crippen LogP contribution in [0.4, 0.5) is 11.5 Å². The summed E-state index contributed by atoms with van der Waals surface area (Å²) >= 11 is 0. The molecule has 0 aliphatic carbocycles. The molecule has 0 aromatic carbocycles. The van der Waals surface area contributed by atoms with Crippen LogP contribution in [0.5, 0.6) is 0 Å². The van der Waals surface area contributed by atoms with E-state index in [2.05, 4.69) is 10.3 Å². The summed E-state index contributed by atoms with van der Waals surface area (Å²) in [5.41, 5.74) is 2.63. The number of nitrogens with one attached hydrogen (secondary N) is 2. The van der Waals surface area contributed by atoms with Gasteiger partial charge in [0, 0.05) is 27.1 Å². The maximum atomic E-state index is 10.8. The highest BCUT2D eigenvalue weighted by Gasteiger charge is 1.99. The maximum Gasteiger partial charge on any atom is 0.243 e. The number of pyridine rings is 1. The molecule has 0 bridgehead atoms. The van der Waals surface area contributed by atoms with E-state index < -0.39 is 0 Å². The van der Waals surface area contributed by atoms with Crippen molar-refractivity contribution in [2.24, 2.45) is 0 Å². The maximum absolute atomic E-state index is 10.8. The van der Waals surface area contributed by atoms with E-state index in [1.807, 2.05) is 37.3 Å². The second-order valence-electron chi connectivity index (χ2n) is 4.57. The zero-order valence-electron chi connectivity index (χ0n) is 11.5. The Kier molecular flexibility index (Phi) is 6.67. The van der Waals surface area contributed by atoms with Crippen LogP contribution in [0, 0.1) is 0 Å². The van der Waals surface area contributed by atoms with Crippen molar-refractivity contribution in [2.75, 3.05) is 30.9 Å². The van der Waals surface area contributed by atoms with E-state index in [0.717, 1.165) is 37.3 Å². The molecule has 3 N–H and O–H groups in total. The Labute approximate surface area is 113 Å². The van der Waals surface area contributed by atoms with E-state index in [1.165, 1.54) is 0 Å². The van der Waals surface area contributed by atoms with E-state index in [4.69, 9.17) is 5.21 Å². The van der Waals surface area contributed by atoms with Gasteiger partial charge in [-0.1, -0.05) is 6.42 Å². The van der Waals surface area contributed by atoms with E-state index >= 15 is 0 Å². The smallest absolute Gasteiger partial charge is 0.243 e. The second kappa shape index (κ2) is 8.31. The first-order valence-electron chi connectivity index (χ1n) is 6.43. The van der Waals surface area contributed by atoms with Crippen molar-refractivity contribution in [2.45, 2.75) is 25.7 Å². The van der Waals surface area contributed by atoms with Gasteiger partial charge in [0.1, 0.15) is 5.82 Å². The van der Waals surface area contributed by atoms with Crippen LogP contribution < -0.4 is 15.7 Å². The number of aromatic nitrogens is 1. The van der Waals surface area contributed by atoms with Crippen molar-refractivity contribution in [3.63, 3.8) is 0 Å². The number of hydrogen-bond acceptors (Lipinski definition) is 5. The molecule has 0 radical (unpaired) electrons. The summed E-state index contributed by atoms with van der Waals surface area (Å²) < 4.78 is 0. The first-order valence-corrected chi connectivity index (χ1v) is 6.43. The molecule has 6 heteroatoms. The molecule has 0 saturated carbocycles. The molecule has 1 heterocycles. The summed E-state index contributed by atoms with van der Waals surface area (Å²) in [6, 6.07) is 3.97. The molecule has 0 fully saturated rings. The fourth-order valence-corrected chi connectivity index (χ4v) is 1.63. The van der Waals surface area contributed by atoms with Crippen molar-refractivity contribution in [1.29, 1.82) is 0 Å². The number of rotatable bonds is 8. The Hall–Kier alpha value is -1.82. The molecule has 1 amide bonds. The Morgan fingerprint density at radius 3 is 2.68 bits per heavy atom. The molecule has 0 unspecified atom stereocenters. The fourth-order valence-electron chi connectivity index (χ4n) is 1.63. The average molecular weight is 266 g/mol. The molecular weight excluding hydrogens is 244 g/mol. The lowest BCUT2D eigenvalue weighted by Crippen LogP contribution is -2.17. The summed E-state index contributed by atoms with van der Waals surface area (Å²) in [4.78, 5) is 17.0. The van der Waals surface area contributed by atoms with Gasteiger partial charge in [0.25, 0.3) is 0 Å². The monoisotopic (exact) mass is 266 g/mol. The number of carbonyl (C=O) groups excluding carboxylic acids is 1. The van der Waals surface area contributed by atoms with E-state index in [0.29, 0.717) is 6.42 Å². The van der Waals surface area contributed by atoms with Crippen molar-refractivity contribution in [3.05, 3.63) is 18.3 Å². The number of hydroxylamine groups is 1. The Balaban J connectivity index is 2.14. The van der Waals surface area contributed by atoms with E-state index in [9.17, 15) is 4.79 Å². The van der Waals surface area contributed by atoms with Crippen LogP contribution >= 0.6 is 0 Å². The lowest BCUT2D eigenvalue weighted by molar-refractivity contribution is -0.129. The van der Waals surface area contributed by atoms with Crippen molar-refractivity contribution >= 4 is 17.4 Å². The number of anilines is 2. The standard InChI is InChI=1S/C13H22N4O2/c1-17(2)12-8-7-11(10-15-12)14-9-5-3-4-6-13(18)16-19/h7-8,10,14,19H,3-6,9H2,1-2H3,(H,16,18). The van der Waals surface area contributed by atoms with Gasteiger partial charge in [-0.25, -0.2) is 10.5 Å². The fraction of sp³-hybridized carbons (Fsp3) is 0.538. The van der Waals surface area contributed by atoms with Gasteiger partial charge in [0.2, 0.25) is 5.91 Å². The third-order valence-electron chi connectivity index (χ3n) is 2.74. The van der Waals surface area contributed by atoms with Crippen molar-refractivity contribution in [1.82, 2.24) is 10.5 Å². The van der Waals surface area contributed by atoms with Gasteiger partial charge in [0.15, 0.2) is 0 Å². The highest BCUT2D eigenvalue weighted by molar-refractivity contribution is 5.74. The van der Waals surface area contributed by atoms with E-state index in [-0.39, 0.29) is 5.91 Å². The number of unbranched alkanes of at least 4 members (excludes halogenated alkanes) is 2. The van der Waals surface area contributed by atoms with Gasteiger partial charge in [-0.3, -0.25) is 10.0 Å². The van der Waals surface area contributed by atoms with Gasteiger partial charge in [-0.2, -0.15) is 0 Å². The average Bonchev–Trinajstić information content (AvgIpc) is 2.42. The molecule has 19 heavy (non-hydrogen) atoms. The van der Waals surface area contributed by atoms with Crippen LogP contribution in [-0.2, 0) is 4.79 Å². The second-order valence-corrected chi connectivity index (χ2v) is 4.57. The van der Waals surface area contributed by atoms with Crippen LogP contribution in [0.3, 0.4) is 0 Å². The topological polar surface area (TPSA) is 77.5 Å². The highest BCUT2D eigenvalue weighted by atomic mass is 16.5. The minimum atomic E-state index is -0.323. The lowest BCUT2D eigenvalue weighted by Gasteiger charge is -2.12. The molecule has 6 nitrogen and oxygen atoms in total.